The smallest absolute Gasteiger partial charge is 0.249 e. The van der Waals surface area contributed by atoms with Crippen molar-refractivity contribution in [2.75, 3.05) is 23.3 Å². The van der Waals surface area contributed by atoms with E-state index < -0.39 is 0 Å². The standard InChI is InChI=1S/C13H14BrN5/c14-10-3-5-11(6-4-10)16-13-17-12(9-15-18-13)19-7-1-2-8-19/h3-6,9H,1-2,7-8H2,(H,16,17,18). The number of halogens is 1. The summed E-state index contributed by atoms with van der Waals surface area (Å²) in [5.41, 5.74) is 0.948. The summed E-state index contributed by atoms with van der Waals surface area (Å²) < 4.78 is 1.04. The molecule has 0 amide bonds. The fraction of sp³-hybridized carbons (Fsp3) is 0.308. The Morgan fingerprint density at radius 2 is 1.84 bits per heavy atom. The van der Waals surface area contributed by atoms with Gasteiger partial charge in [0.1, 0.15) is 0 Å². The van der Waals surface area contributed by atoms with E-state index in [2.05, 4.69) is 41.3 Å². The molecule has 0 spiro atoms. The molecule has 19 heavy (non-hydrogen) atoms. The zero-order valence-corrected chi connectivity index (χ0v) is 12.0. The molecule has 0 unspecified atom stereocenters. The zero-order chi connectivity index (χ0) is 13.1. The van der Waals surface area contributed by atoms with E-state index >= 15 is 0 Å². The number of benzene rings is 1. The van der Waals surface area contributed by atoms with Gasteiger partial charge in [-0.25, -0.2) is 0 Å². The quantitative estimate of drug-likeness (QED) is 0.942. The Hall–Kier alpha value is -1.69. The van der Waals surface area contributed by atoms with Gasteiger partial charge in [-0.1, -0.05) is 15.9 Å². The summed E-state index contributed by atoms with van der Waals surface area (Å²) in [7, 11) is 0. The van der Waals surface area contributed by atoms with Crippen LogP contribution in [0.3, 0.4) is 0 Å². The van der Waals surface area contributed by atoms with Crippen molar-refractivity contribution in [2.45, 2.75) is 12.8 Å². The highest BCUT2D eigenvalue weighted by molar-refractivity contribution is 9.10. The summed E-state index contributed by atoms with van der Waals surface area (Å²) in [4.78, 5) is 6.74. The summed E-state index contributed by atoms with van der Waals surface area (Å²) in [6, 6.07) is 7.88. The first-order chi connectivity index (χ1) is 9.31. The molecule has 98 valence electrons. The normalized spacial score (nSPS) is 14.7. The van der Waals surface area contributed by atoms with Crippen molar-refractivity contribution in [1.29, 1.82) is 0 Å². The molecular weight excluding hydrogens is 306 g/mol. The zero-order valence-electron chi connectivity index (χ0n) is 10.4. The Morgan fingerprint density at radius 1 is 1.11 bits per heavy atom. The summed E-state index contributed by atoms with van der Waals surface area (Å²) in [5.74, 6) is 1.43. The maximum atomic E-state index is 4.50. The second-order valence-electron chi connectivity index (χ2n) is 4.46. The lowest BCUT2D eigenvalue weighted by molar-refractivity contribution is 0.890. The van der Waals surface area contributed by atoms with E-state index in [-0.39, 0.29) is 0 Å². The van der Waals surface area contributed by atoms with E-state index in [0.717, 1.165) is 29.1 Å². The minimum Gasteiger partial charge on any atom is -0.355 e. The van der Waals surface area contributed by atoms with Crippen LogP contribution >= 0.6 is 15.9 Å². The highest BCUT2D eigenvalue weighted by atomic mass is 79.9. The average molecular weight is 320 g/mol. The molecule has 1 saturated heterocycles. The summed E-state index contributed by atoms with van der Waals surface area (Å²) >= 11 is 3.41. The van der Waals surface area contributed by atoms with Gasteiger partial charge in [0.05, 0.1) is 6.20 Å². The summed E-state index contributed by atoms with van der Waals surface area (Å²) in [6.45, 7) is 2.10. The minimum absolute atomic E-state index is 0.534. The highest BCUT2D eigenvalue weighted by Gasteiger charge is 2.14. The monoisotopic (exact) mass is 319 g/mol. The maximum Gasteiger partial charge on any atom is 0.249 e. The van der Waals surface area contributed by atoms with Gasteiger partial charge in [-0.2, -0.15) is 10.1 Å². The molecule has 1 aliphatic heterocycles. The first-order valence-corrected chi connectivity index (χ1v) is 7.08. The molecule has 1 aromatic heterocycles. The topological polar surface area (TPSA) is 53.9 Å². The third kappa shape index (κ3) is 3.01. The molecule has 6 heteroatoms. The van der Waals surface area contributed by atoms with Gasteiger partial charge in [0.15, 0.2) is 5.82 Å². The van der Waals surface area contributed by atoms with Crippen LogP contribution in [0.2, 0.25) is 0 Å². The Balaban J connectivity index is 1.77. The van der Waals surface area contributed by atoms with Crippen LogP contribution in [0.5, 0.6) is 0 Å². The Morgan fingerprint density at radius 3 is 2.58 bits per heavy atom. The highest BCUT2D eigenvalue weighted by Crippen LogP contribution is 2.20. The molecule has 0 saturated carbocycles. The van der Waals surface area contributed by atoms with E-state index in [0.29, 0.717) is 5.95 Å². The van der Waals surface area contributed by atoms with Crippen LogP contribution in [0.15, 0.2) is 34.9 Å². The van der Waals surface area contributed by atoms with Crippen LogP contribution in [0.1, 0.15) is 12.8 Å². The molecule has 1 aromatic carbocycles. The second-order valence-corrected chi connectivity index (χ2v) is 5.38. The van der Waals surface area contributed by atoms with Crippen LogP contribution in [-0.2, 0) is 0 Å². The van der Waals surface area contributed by atoms with Crippen LogP contribution in [0.25, 0.3) is 0 Å². The lowest BCUT2D eigenvalue weighted by Gasteiger charge is -2.15. The fourth-order valence-corrected chi connectivity index (χ4v) is 2.37. The molecule has 0 aliphatic carbocycles. The Kier molecular flexibility index (Phi) is 3.59. The van der Waals surface area contributed by atoms with Gasteiger partial charge in [-0.3, -0.25) is 0 Å². The number of anilines is 3. The number of hydrogen-bond donors (Lipinski definition) is 1. The first-order valence-electron chi connectivity index (χ1n) is 6.28. The minimum atomic E-state index is 0.534. The van der Waals surface area contributed by atoms with Crippen molar-refractivity contribution in [3.63, 3.8) is 0 Å². The number of nitrogens with zero attached hydrogens (tertiary/aromatic N) is 4. The van der Waals surface area contributed by atoms with E-state index in [9.17, 15) is 0 Å². The molecule has 2 heterocycles. The number of nitrogens with one attached hydrogen (secondary N) is 1. The van der Waals surface area contributed by atoms with Crippen LogP contribution in [0, 0.1) is 0 Å². The van der Waals surface area contributed by atoms with E-state index in [1.165, 1.54) is 12.8 Å². The SMILES string of the molecule is Brc1ccc(Nc2nncc(N3CCCC3)n2)cc1. The molecular formula is C13H14BrN5. The third-order valence-electron chi connectivity index (χ3n) is 3.08. The van der Waals surface area contributed by atoms with Crippen LogP contribution in [-0.4, -0.2) is 28.3 Å². The lowest BCUT2D eigenvalue weighted by Crippen LogP contribution is -2.19. The van der Waals surface area contributed by atoms with Crippen molar-refractivity contribution >= 4 is 33.4 Å². The van der Waals surface area contributed by atoms with Crippen LogP contribution in [0.4, 0.5) is 17.5 Å². The molecule has 0 atom stereocenters. The molecule has 1 fully saturated rings. The van der Waals surface area contributed by atoms with Crippen molar-refractivity contribution in [2.24, 2.45) is 0 Å². The Bertz CT molecular complexity index is 551. The van der Waals surface area contributed by atoms with Crippen LogP contribution < -0.4 is 10.2 Å². The largest absolute Gasteiger partial charge is 0.355 e. The van der Waals surface area contributed by atoms with Crippen molar-refractivity contribution < 1.29 is 0 Å². The molecule has 5 nitrogen and oxygen atoms in total. The average Bonchev–Trinajstić information content (AvgIpc) is 2.96. The maximum absolute atomic E-state index is 4.50. The predicted molar refractivity (Wildman–Crippen MR) is 78.7 cm³/mol. The molecule has 1 N–H and O–H groups in total. The van der Waals surface area contributed by atoms with Gasteiger partial charge in [-0.15, -0.1) is 5.10 Å². The predicted octanol–water partition coefficient (Wildman–Crippen LogP) is 2.98. The molecule has 2 aromatic rings. The van der Waals surface area contributed by atoms with Gasteiger partial charge < -0.3 is 10.2 Å². The summed E-state index contributed by atoms with van der Waals surface area (Å²) in [6.07, 6.45) is 4.16. The lowest BCUT2D eigenvalue weighted by atomic mass is 10.3. The molecule has 1 aliphatic rings. The van der Waals surface area contributed by atoms with Gasteiger partial charge in [0, 0.05) is 23.2 Å². The number of aromatic nitrogens is 3. The van der Waals surface area contributed by atoms with Crippen molar-refractivity contribution in [3.05, 3.63) is 34.9 Å². The molecule has 0 bridgehead atoms. The van der Waals surface area contributed by atoms with Gasteiger partial charge in [0.2, 0.25) is 5.95 Å². The van der Waals surface area contributed by atoms with Gasteiger partial charge >= 0.3 is 0 Å². The van der Waals surface area contributed by atoms with E-state index in [1.54, 1.807) is 6.20 Å². The second kappa shape index (κ2) is 5.52. The van der Waals surface area contributed by atoms with Crippen molar-refractivity contribution in [1.82, 2.24) is 15.2 Å². The van der Waals surface area contributed by atoms with E-state index in [1.807, 2.05) is 24.3 Å². The van der Waals surface area contributed by atoms with Gasteiger partial charge in [-0.05, 0) is 37.1 Å². The van der Waals surface area contributed by atoms with E-state index in [4.69, 9.17) is 0 Å². The summed E-state index contributed by atoms with van der Waals surface area (Å²) in [5, 5.41) is 11.2. The Labute approximate surface area is 120 Å². The first kappa shape index (κ1) is 12.3. The molecule has 0 radical (unpaired) electrons. The fourth-order valence-electron chi connectivity index (χ4n) is 2.11. The van der Waals surface area contributed by atoms with Crippen molar-refractivity contribution in [3.8, 4) is 0 Å². The van der Waals surface area contributed by atoms with Gasteiger partial charge in [0.25, 0.3) is 0 Å². The third-order valence-corrected chi connectivity index (χ3v) is 3.61. The number of hydrogen-bond acceptors (Lipinski definition) is 5. The number of rotatable bonds is 3. The molecule has 3 rings (SSSR count).